The summed E-state index contributed by atoms with van der Waals surface area (Å²) in [7, 11) is 0. The Morgan fingerprint density at radius 2 is 1.83 bits per heavy atom. The van der Waals surface area contributed by atoms with Gasteiger partial charge in [-0.3, -0.25) is 24.6 Å². The summed E-state index contributed by atoms with van der Waals surface area (Å²) in [5, 5.41) is 2.43. The molecular formula is C28H28FN3O4. The molecule has 4 heterocycles. The van der Waals surface area contributed by atoms with Gasteiger partial charge in [0.05, 0.1) is 0 Å². The van der Waals surface area contributed by atoms with Crippen LogP contribution < -0.4 is 10.1 Å². The van der Waals surface area contributed by atoms with E-state index >= 15 is 0 Å². The third-order valence-corrected chi connectivity index (χ3v) is 9.00. The molecule has 0 aromatic heterocycles. The number of fused-ring (bicyclic) bond motifs is 3. The number of piperidine rings is 2. The van der Waals surface area contributed by atoms with E-state index < -0.39 is 5.54 Å². The van der Waals surface area contributed by atoms with Crippen molar-refractivity contribution in [1.82, 2.24) is 15.1 Å². The Bertz CT molecular complexity index is 1280. The fourth-order valence-electron chi connectivity index (χ4n) is 6.91. The van der Waals surface area contributed by atoms with Crippen LogP contribution in [0.3, 0.4) is 0 Å². The molecule has 36 heavy (non-hydrogen) atoms. The summed E-state index contributed by atoms with van der Waals surface area (Å²) in [6.45, 7) is 2.18. The first-order chi connectivity index (χ1) is 17.4. The second kappa shape index (κ2) is 7.87. The van der Waals surface area contributed by atoms with Gasteiger partial charge in [-0.05, 0) is 73.6 Å². The van der Waals surface area contributed by atoms with Gasteiger partial charge in [0, 0.05) is 43.1 Å². The highest BCUT2D eigenvalue weighted by Gasteiger charge is 2.63. The van der Waals surface area contributed by atoms with E-state index in [1.54, 1.807) is 23.1 Å². The average Bonchev–Trinajstić information content (AvgIpc) is 3.36. The molecule has 6 aliphatic rings. The molecule has 3 saturated heterocycles. The number of amides is 3. The van der Waals surface area contributed by atoms with Crippen LogP contribution in [0.2, 0.25) is 0 Å². The van der Waals surface area contributed by atoms with E-state index in [0.717, 1.165) is 49.2 Å². The van der Waals surface area contributed by atoms with Gasteiger partial charge in [-0.25, -0.2) is 4.39 Å². The molecule has 2 saturated carbocycles. The van der Waals surface area contributed by atoms with Crippen molar-refractivity contribution in [3.63, 3.8) is 0 Å². The number of rotatable bonds is 5. The second-order valence-corrected chi connectivity index (χ2v) is 11.0. The minimum atomic E-state index is -0.901. The summed E-state index contributed by atoms with van der Waals surface area (Å²) >= 11 is 0. The first-order valence-corrected chi connectivity index (χ1v) is 12.9. The van der Waals surface area contributed by atoms with Crippen LogP contribution in [0.4, 0.5) is 4.39 Å². The van der Waals surface area contributed by atoms with E-state index in [-0.39, 0.29) is 35.6 Å². The number of halogens is 1. The van der Waals surface area contributed by atoms with Crippen molar-refractivity contribution >= 4 is 17.7 Å². The maximum atomic E-state index is 13.6. The molecule has 2 atom stereocenters. The molecular weight excluding hydrogens is 461 g/mol. The minimum absolute atomic E-state index is 0.0748. The molecule has 5 fully saturated rings. The van der Waals surface area contributed by atoms with Crippen LogP contribution >= 0.6 is 0 Å². The summed E-state index contributed by atoms with van der Waals surface area (Å²) in [4.78, 5) is 41.7. The molecule has 3 amide bonds. The fraction of sp³-hybridized carbons (Fsp3) is 0.464. The van der Waals surface area contributed by atoms with Gasteiger partial charge < -0.3 is 9.64 Å². The zero-order chi connectivity index (χ0) is 24.6. The number of nitrogens with one attached hydrogen (secondary N) is 1. The quantitative estimate of drug-likeness (QED) is 0.654. The Kier molecular flexibility index (Phi) is 4.80. The largest absolute Gasteiger partial charge is 0.489 e. The summed E-state index contributed by atoms with van der Waals surface area (Å²) in [5.41, 5.74) is 1.63. The molecule has 7 nitrogen and oxygen atoms in total. The van der Waals surface area contributed by atoms with Gasteiger partial charge >= 0.3 is 0 Å². The van der Waals surface area contributed by atoms with Crippen LogP contribution in [0.15, 0.2) is 42.5 Å². The van der Waals surface area contributed by atoms with Crippen molar-refractivity contribution in [2.45, 2.75) is 62.3 Å². The van der Waals surface area contributed by atoms with Crippen molar-refractivity contribution in [1.29, 1.82) is 0 Å². The SMILES string of the molecule is O=C1NC(=O)C2(N3Cc4cc(O[C@H]5CCC[C@@H]5N5CC(c6cccc(F)c6)C5)ccc4C3=O)CC1C2. The summed E-state index contributed by atoms with van der Waals surface area (Å²) < 4.78 is 20.1. The van der Waals surface area contributed by atoms with Gasteiger partial charge in [0.1, 0.15) is 23.2 Å². The van der Waals surface area contributed by atoms with Crippen molar-refractivity contribution in [2.24, 2.45) is 5.92 Å². The molecule has 2 aliphatic carbocycles. The highest BCUT2D eigenvalue weighted by molar-refractivity contribution is 6.10. The molecule has 4 aliphatic heterocycles. The number of ether oxygens (including phenoxy) is 1. The van der Waals surface area contributed by atoms with Gasteiger partial charge in [0.2, 0.25) is 5.91 Å². The van der Waals surface area contributed by atoms with Crippen LogP contribution in [0.25, 0.3) is 0 Å². The van der Waals surface area contributed by atoms with Gasteiger partial charge in [-0.15, -0.1) is 0 Å². The molecule has 8 rings (SSSR count). The highest BCUT2D eigenvalue weighted by atomic mass is 19.1. The van der Waals surface area contributed by atoms with Crippen LogP contribution in [-0.4, -0.2) is 58.3 Å². The Balaban J connectivity index is 1.03. The summed E-state index contributed by atoms with van der Waals surface area (Å²) in [6, 6.07) is 12.8. The van der Waals surface area contributed by atoms with Crippen LogP contribution in [0.5, 0.6) is 5.75 Å². The third-order valence-electron chi connectivity index (χ3n) is 9.00. The first-order valence-electron chi connectivity index (χ1n) is 12.9. The normalized spacial score (nSPS) is 31.6. The van der Waals surface area contributed by atoms with Crippen LogP contribution in [-0.2, 0) is 16.1 Å². The lowest BCUT2D eigenvalue weighted by molar-refractivity contribution is -0.160. The molecule has 1 N–H and O–H groups in total. The Morgan fingerprint density at radius 1 is 1.00 bits per heavy atom. The lowest BCUT2D eigenvalue weighted by Crippen LogP contribution is -2.73. The summed E-state index contributed by atoms with van der Waals surface area (Å²) in [5.74, 6) is 0.00827. The summed E-state index contributed by atoms with van der Waals surface area (Å²) in [6.07, 6.45) is 4.06. The lowest BCUT2D eigenvalue weighted by Gasteiger charge is -2.53. The minimum Gasteiger partial charge on any atom is -0.489 e. The van der Waals surface area contributed by atoms with E-state index in [4.69, 9.17) is 4.74 Å². The van der Waals surface area contributed by atoms with Crippen molar-refractivity contribution in [3.05, 3.63) is 65.0 Å². The van der Waals surface area contributed by atoms with E-state index in [1.807, 2.05) is 18.2 Å². The molecule has 0 radical (unpaired) electrons. The molecule has 8 heteroatoms. The number of likely N-dealkylation sites (tertiary alicyclic amines) is 1. The zero-order valence-electron chi connectivity index (χ0n) is 19.9. The molecule has 0 unspecified atom stereocenters. The topological polar surface area (TPSA) is 79.0 Å². The van der Waals surface area contributed by atoms with E-state index in [9.17, 15) is 18.8 Å². The number of nitrogens with zero attached hydrogens (tertiary/aromatic N) is 2. The van der Waals surface area contributed by atoms with Crippen molar-refractivity contribution in [2.75, 3.05) is 13.1 Å². The van der Waals surface area contributed by atoms with Gasteiger partial charge in [0.25, 0.3) is 11.8 Å². The number of imide groups is 1. The number of carbonyl (C=O) groups excluding carboxylic acids is 3. The van der Waals surface area contributed by atoms with Crippen LogP contribution in [0, 0.1) is 11.7 Å². The van der Waals surface area contributed by atoms with Gasteiger partial charge in [-0.1, -0.05) is 12.1 Å². The smallest absolute Gasteiger partial charge is 0.255 e. The van der Waals surface area contributed by atoms with Gasteiger partial charge in [-0.2, -0.15) is 0 Å². The maximum absolute atomic E-state index is 13.6. The molecule has 186 valence electrons. The average molecular weight is 490 g/mol. The van der Waals surface area contributed by atoms with E-state index in [1.165, 1.54) is 6.07 Å². The Hall–Kier alpha value is -3.26. The van der Waals surface area contributed by atoms with Gasteiger partial charge in [0.15, 0.2) is 0 Å². The number of carbonyl (C=O) groups is 3. The lowest BCUT2D eigenvalue weighted by atomic mass is 9.63. The molecule has 2 aromatic rings. The number of hydrogen-bond donors (Lipinski definition) is 1. The maximum Gasteiger partial charge on any atom is 0.255 e. The molecule has 0 spiro atoms. The first kappa shape index (κ1) is 22.0. The monoisotopic (exact) mass is 489 g/mol. The Morgan fingerprint density at radius 3 is 2.61 bits per heavy atom. The molecule has 2 bridgehead atoms. The van der Waals surface area contributed by atoms with E-state index in [2.05, 4.69) is 10.2 Å². The number of hydrogen-bond acceptors (Lipinski definition) is 5. The number of benzene rings is 2. The van der Waals surface area contributed by atoms with E-state index in [0.29, 0.717) is 36.9 Å². The highest BCUT2D eigenvalue weighted by Crippen LogP contribution is 2.49. The predicted octanol–water partition coefficient (Wildman–Crippen LogP) is 2.99. The fourth-order valence-corrected chi connectivity index (χ4v) is 6.91. The Labute approximate surface area is 208 Å². The van der Waals surface area contributed by atoms with Crippen molar-refractivity contribution < 1.29 is 23.5 Å². The zero-order valence-corrected chi connectivity index (χ0v) is 19.9. The molecule has 2 aromatic carbocycles. The van der Waals surface area contributed by atoms with Crippen LogP contribution in [0.1, 0.15) is 59.5 Å². The predicted molar refractivity (Wildman–Crippen MR) is 128 cm³/mol. The standard InChI is InChI=1S/C28H28FN3O4/c29-20-4-1-3-16(9-20)19-13-31(14-19)23-5-2-6-24(23)36-21-7-8-22-17(10-21)15-32(26(22)34)28-11-18(12-28)25(33)30-27(28)35/h1,3-4,7-10,18-19,23-24H,2,5-6,11-15H2,(H,30,33,35)/t18?,23-,24-,28?/m0/s1. The van der Waals surface area contributed by atoms with Crippen molar-refractivity contribution in [3.8, 4) is 5.75 Å². The third kappa shape index (κ3) is 3.23. The second-order valence-electron chi connectivity index (χ2n) is 11.0.